The highest BCUT2D eigenvalue weighted by molar-refractivity contribution is 4.98. The van der Waals surface area contributed by atoms with Gasteiger partial charge in [-0.1, -0.05) is 6.92 Å². The highest BCUT2D eigenvalue weighted by Crippen LogP contribution is 2.36. The van der Waals surface area contributed by atoms with Crippen molar-refractivity contribution >= 4 is 0 Å². The average Bonchev–Trinajstić information content (AvgIpc) is 2.75. The highest BCUT2D eigenvalue weighted by atomic mass is 15.3. The maximum Gasteiger partial charge on any atom is 0.0224 e. The predicted molar refractivity (Wildman–Crippen MR) is 75.8 cm³/mol. The third-order valence-corrected chi connectivity index (χ3v) is 5.45. The maximum absolute atomic E-state index is 3.54. The van der Waals surface area contributed by atoms with Crippen LogP contribution in [0.15, 0.2) is 0 Å². The Hall–Kier alpha value is -0.120. The van der Waals surface area contributed by atoms with Crippen LogP contribution < -0.4 is 5.32 Å². The van der Waals surface area contributed by atoms with E-state index in [4.69, 9.17) is 0 Å². The van der Waals surface area contributed by atoms with Gasteiger partial charge in [-0.05, 0) is 58.2 Å². The summed E-state index contributed by atoms with van der Waals surface area (Å²) >= 11 is 0. The van der Waals surface area contributed by atoms with Crippen molar-refractivity contribution in [2.24, 2.45) is 5.92 Å². The van der Waals surface area contributed by atoms with E-state index >= 15 is 0 Å². The summed E-state index contributed by atoms with van der Waals surface area (Å²) in [7, 11) is 0. The van der Waals surface area contributed by atoms with E-state index in [2.05, 4.69) is 29.0 Å². The van der Waals surface area contributed by atoms with Gasteiger partial charge >= 0.3 is 0 Å². The van der Waals surface area contributed by atoms with Crippen molar-refractivity contribution in [3.05, 3.63) is 0 Å². The van der Waals surface area contributed by atoms with E-state index in [1.165, 1.54) is 51.9 Å². The van der Waals surface area contributed by atoms with Gasteiger partial charge < -0.3 is 5.32 Å². The van der Waals surface area contributed by atoms with Crippen LogP contribution in [0.3, 0.4) is 0 Å². The molecule has 0 bridgehead atoms. The first-order valence-corrected chi connectivity index (χ1v) is 8.00. The molecule has 3 nitrogen and oxygen atoms in total. The first-order valence-electron chi connectivity index (χ1n) is 8.00. The summed E-state index contributed by atoms with van der Waals surface area (Å²) in [6.45, 7) is 11.0. The molecule has 3 aliphatic rings. The Morgan fingerprint density at radius 1 is 1.17 bits per heavy atom. The molecule has 3 fully saturated rings. The quantitative estimate of drug-likeness (QED) is 0.818. The van der Waals surface area contributed by atoms with Crippen LogP contribution in [-0.4, -0.2) is 60.6 Å². The lowest BCUT2D eigenvalue weighted by Crippen LogP contribution is -2.62. The first kappa shape index (κ1) is 12.9. The standard InChI is InChI=1S/C15H29N3/c1-3-16-9-13-6-7-15(13)18-11-14-5-4-8-17(14)10-12(18)2/h12-16H,3-11H2,1-2H3. The van der Waals surface area contributed by atoms with E-state index in [0.29, 0.717) is 0 Å². The van der Waals surface area contributed by atoms with Crippen molar-refractivity contribution in [1.82, 2.24) is 15.1 Å². The highest BCUT2D eigenvalue weighted by Gasteiger charge is 2.42. The van der Waals surface area contributed by atoms with Crippen molar-refractivity contribution in [2.75, 3.05) is 32.7 Å². The van der Waals surface area contributed by atoms with E-state index < -0.39 is 0 Å². The molecular formula is C15H29N3. The Morgan fingerprint density at radius 2 is 2.06 bits per heavy atom. The molecule has 4 atom stereocenters. The van der Waals surface area contributed by atoms with Crippen molar-refractivity contribution in [3.8, 4) is 0 Å². The fourth-order valence-corrected chi connectivity index (χ4v) is 4.23. The number of piperazine rings is 1. The molecule has 3 rings (SSSR count). The zero-order valence-corrected chi connectivity index (χ0v) is 12.1. The SMILES string of the molecule is CCNCC1CCC1N1CC2CCCN2CC1C. The topological polar surface area (TPSA) is 18.5 Å². The lowest BCUT2D eigenvalue weighted by atomic mass is 9.77. The number of nitrogens with one attached hydrogen (secondary N) is 1. The number of nitrogens with zero attached hydrogens (tertiary/aromatic N) is 2. The Morgan fingerprint density at radius 3 is 2.78 bits per heavy atom. The molecule has 2 aliphatic heterocycles. The Bertz CT molecular complexity index is 281. The maximum atomic E-state index is 3.54. The summed E-state index contributed by atoms with van der Waals surface area (Å²) in [6, 6.07) is 2.53. The van der Waals surface area contributed by atoms with Gasteiger partial charge in [0.15, 0.2) is 0 Å². The van der Waals surface area contributed by atoms with Crippen molar-refractivity contribution in [3.63, 3.8) is 0 Å². The second-order valence-electron chi connectivity index (χ2n) is 6.55. The fourth-order valence-electron chi connectivity index (χ4n) is 4.23. The molecule has 2 heterocycles. The molecule has 4 unspecified atom stereocenters. The molecule has 18 heavy (non-hydrogen) atoms. The Kier molecular flexibility index (Phi) is 3.92. The van der Waals surface area contributed by atoms with E-state index in [0.717, 1.165) is 30.6 Å². The van der Waals surface area contributed by atoms with Gasteiger partial charge in [-0.2, -0.15) is 0 Å². The smallest absolute Gasteiger partial charge is 0.0224 e. The van der Waals surface area contributed by atoms with Crippen LogP contribution in [-0.2, 0) is 0 Å². The third kappa shape index (κ3) is 2.33. The lowest BCUT2D eigenvalue weighted by molar-refractivity contribution is -0.0269. The summed E-state index contributed by atoms with van der Waals surface area (Å²) in [5.74, 6) is 0.917. The minimum atomic E-state index is 0.772. The van der Waals surface area contributed by atoms with Crippen molar-refractivity contribution in [1.29, 1.82) is 0 Å². The van der Waals surface area contributed by atoms with E-state index in [1.807, 2.05) is 0 Å². The number of hydrogen-bond acceptors (Lipinski definition) is 3. The molecule has 3 heteroatoms. The van der Waals surface area contributed by atoms with Gasteiger partial charge in [-0.3, -0.25) is 9.80 Å². The van der Waals surface area contributed by atoms with E-state index in [-0.39, 0.29) is 0 Å². The molecule has 1 saturated carbocycles. The number of fused-ring (bicyclic) bond motifs is 1. The van der Waals surface area contributed by atoms with Crippen LogP contribution >= 0.6 is 0 Å². The zero-order valence-electron chi connectivity index (χ0n) is 12.1. The largest absolute Gasteiger partial charge is 0.317 e. The molecule has 0 amide bonds. The molecule has 0 aromatic carbocycles. The first-order chi connectivity index (χ1) is 8.79. The van der Waals surface area contributed by atoms with Gasteiger partial charge in [-0.25, -0.2) is 0 Å². The van der Waals surface area contributed by atoms with Gasteiger partial charge in [0.25, 0.3) is 0 Å². The normalized spacial score (nSPS) is 41.7. The summed E-state index contributed by atoms with van der Waals surface area (Å²) in [5.41, 5.74) is 0. The second-order valence-corrected chi connectivity index (χ2v) is 6.55. The molecule has 0 aromatic heterocycles. The van der Waals surface area contributed by atoms with E-state index in [1.54, 1.807) is 0 Å². The molecule has 0 radical (unpaired) electrons. The molecule has 1 N–H and O–H groups in total. The molecule has 104 valence electrons. The van der Waals surface area contributed by atoms with Gasteiger partial charge in [0.05, 0.1) is 0 Å². The molecule has 0 aromatic rings. The number of hydrogen-bond donors (Lipinski definition) is 1. The minimum Gasteiger partial charge on any atom is -0.317 e. The third-order valence-electron chi connectivity index (χ3n) is 5.45. The predicted octanol–water partition coefficient (Wildman–Crippen LogP) is 1.54. The van der Waals surface area contributed by atoms with E-state index in [9.17, 15) is 0 Å². The fraction of sp³-hybridized carbons (Fsp3) is 1.00. The van der Waals surface area contributed by atoms with Crippen LogP contribution in [0.1, 0.15) is 39.5 Å². The summed E-state index contributed by atoms with van der Waals surface area (Å²) in [4.78, 5) is 5.58. The van der Waals surface area contributed by atoms with Crippen LogP contribution in [0.4, 0.5) is 0 Å². The van der Waals surface area contributed by atoms with Gasteiger partial charge in [0.2, 0.25) is 0 Å². The number of rotatable bonds is 4. The van der Waals surface area contributed by atoms with Crippen LogP contribution in [0.5, 0.6) is 0 Å². The van der Waals surface area contributed by atoms with Crippen LogP contribution in [0, 0.1) is 5.92 Å². The van der Waals surface area contributed by atoms with Crippen molar-refractivity contribution in [2.45, 2.75) is 57.7 Å². The van der Waals surface area contributed by atoms with Crippen LogP contribution in [0.25, 0.3) is 0 Å². The van der Waals surface area contributed by atoms with Crippen LogP contribution in [0.2, 0.25) is 0 Å². The van der Waals surface area contributed by atoms with Gasteiger partial charge in [-0.15, -0.1) is 0 Å². The molecular weight excluding hydrogens is 222 g/mol. The van der Waals surface area contributed by atoms with Gasteiger partial charge in [0.1, 0.15) is 0 Å². The second kappa shape index (κ2) is 5.48. The molecule has 1 aliphatic carbocycles. The Balaban J connectivity index is 1.58. The van der Waals surface area contributed by atoms with Gasteiger partial charge in [0, 0.05) is 31.2 Å². The minimum absolute atomic E-state index is 0.772. The summed E-state index contributed by atoms with van der Waals surface area (Å²) in [5, 5.41) is 3.54. The molecule has 2 saturated heterocycles. The zero-order chi connectivity index (χ0) is 12.5. The Labute approximate surface area is 112 Å². The lowest BCUT2D eigenvalue weighted by Gasteiger charge is -2.52. The monoisotopic (exact) mass is 251 g/mol. The molecule has 0 spiro atoms. The summed E-state index contributed by atoms with van der Waals surface area (Å²) < 4.78 is 0. The summed E-state index contributed by atoms with van der Waals surface area (Å²) in [6.07, 6.45) is 5.74. The van der Waals surface area contributed by atoms with Crippen molar-refractivity contribution < 1.29 is 0 Å². The average molecular weight is 251 g/mol.